The predicted molar refractivity (Wildman–Crippen MR) is 85.7 cm³/mol. The summed E-state index contributed by atoms with van der Waals surface area (Å²) in [6.07, 6.45) is 0.883. The van der Waals surface area contributed by atoms with E-state index < -0.39 is 0 Å². The minimum Gasteiger partial charge on any atom is -0.326 e. The average molecular weight is 293 g/mol. The van der Waals surface area contributed by atoms with Crippen molar-refractivity contribution in [3.63, 3.8) is 0 Å². The quantitative estimate of drug-likeness (QED) is 0.926. The number of nitrogens with zero attached hydrogens (tertiary/aromatic N) is 2. The summed E-state index contributed by atoms with van der Waals surface area (Å²) in [6.45, 7) is 9.51. The number of halogens is 1. The van der Waals surface area contributed by atoms with Crippen LogP contribution in [0.5, 0.6) is 0 Å². The van der Waals surface area contributed by atoms with Gasteiger partial charge in [-0.15, -0.1) is 0 Å². The first-order valence-corrected chi connectivity index (χ1v) is 7.81. The van der Waals surface area contributed by atoms with E-state index in [1.165, 1.54) is 6.07 Å². The maximum Gasteiger partial charge on any atom is 0.123 e. The van der Waals surface area contributed by atoms with Gasteiger partial charge in [0.15, 0.2) is 0 Å². The summed E-state index contributed by atoms with van der Waals surface area (Å²) in [6, 6.07) is 7.00. The molecule has 1 aromatic carbocycles. The van der Waals surface area contributed by atoms with E-state index in [0.29, 0.717) is 0 Å². The summed E-state index contributed by atoms with van der Waals surface area (Å²) in [5.41, 5.74) is 7.47. The number of hydrogen-bond donors (Lipinski definition) is 1. The first kappa shape index (κ1) is 16.4. The third kappa shape index (κ3) is 3.62. The molecule has 2 unspecified atom stereocenters. The second-order valence-corrected chi connectivity index (χ2v) is 6.78. The molecule has 21 heavy (non-hydrogen) atoms. The smallest absolute Gasteiger partial charge is 0.123 e. The van der Waals surface area contributed by atoms with Crippen LogP contribution in [0.1, 0.15) is 38.8 Å². The minimum absolute atomic E-state index is 0.0195. The van der Waals surface area contributed by atoms with Crippen LogP contribution in [0.3, 0.4) is 0 Å². The molecule has 4 heteroatoms. The van der Waals surface area contributed by atoms with E-state index in [2.05, 4.69) is 37.6 Å². The highest BCUT2D eigenvalue weighted by Gasteiger charge is 2.36. The van der Waals surface area contributed by atoms with Gasteiger partial charge in [0, 0.05) is 31.2 Å². The van der Waals surface area contributed by atoms with Gasteiger partial charge in [-0.1, -0.05) is 19.1 Å². The fourth-order valence-corrected chi connectivity index (χ4v) is 3.16. The molecule has 0 saturated carbocycles. The Hall–Kier alpha value is -0.970. The number of hydrogen-bond acceptors (Lipinski definition) is 3. The Morgan fingerprint density at radius 2 is 2.05 bits per heavy atom. The van der Waals surface area contributed by atoms with Crippen molar-refractivity contribution in [1.82, 2.24) is 9.80 Å². The van der Waals surface area contributed by atoms with Gasteiger partial charge < -0.3 is 5.73 Å². The summed E-state index contributed by atoms with van der Waals surface area (Å²) in [5.74, 6) is -0.186. The van der Waals surface area contributed by atoms with Crippen molar-refractivity contribution in [1.29, 1.82) is 0 Å². The van der Waals surface area contributed by atoms with E-state index >= 15 is 0 Å². The highest BCUT2D eigenvalue weighted by Crippen LogP contribution is 2.30. The molecule has 2 rings (SSSR count). The van der Waals surface area contributed by atoms with Gasteiger partial charge in [-0.2, -0.15) is 0 Å². The highest BCUT2D eigenvalue weighted by atomic mass is 19.1. The van der Waals surface area contributed by atoms with Crippen molar-refractivity contribution in [3.05, 3.63) is 35.6 Å². The van der Waals surface area contributed by atoms with Gasteiger partial charge >= 0.3 is 0 Å². The van der Waals surface area contributed by atoms with Crippen molar-refractivity contribution < 1.29 is 4.39 Å². The molecule has 0 radical (unpaired) electrons. The van der Waals surface area contributed by atoms with Crippen LogP contribution in [0, 0.1) is 5.82 Å². The van der Waals surface area contributed by atoms with Crippen LogP contribution in [-0.2, 0) is 0 Å². The summed E-state index contributed by atoms with van der Waals surface area (Å²) in [4.78, 5) is 4.80. The molecule has 1 fully saturated rings. The topological polar surface area (TPSA) is 32.5 Å². The largest absolute Gasteiger partial charge is 0.326 e. The molecule has 2 atom stereocenters. The summed E-state index contributed by atoms with van der Waals surface area (Å²) in [7, 11) is 2.16. The zero-order valence-electron chi connectivity index (χ0n) is 13.6. The van der Waals surface area contributed by atoms with E-state index in [1.54, 1.807) is 12.1 Å². The van der Waals surface area contributed by atoms with Crippen LogP contribution in [0.25, 0.3) is 0 Å². The second kappa shape index (κ2) is 6.42. The molecule has 1 aliphatic rings. The van der Waals surface area contributed by atoms with Gasteiger partial charge in [0.2, 0.25) is 0 Å². The van der Waals surface area contributed by atoms with Gasteiger partial charge in [-0.25, -0.2) is 4.39 Å². The average Bonchev–Trinajstić information content (AvgIpc) is 2.42. The molecule has 3 nitrogen and oxygen atoms in total. The monoisotopic (exact) mass is 293 g/mol. The zero-order valence-corrected chi connectivity index (χ0v) is 13.6. The molecule has 1 heterocycles. The molecule has 2 N–H and O–H groups in total. The Balaban J connectivity index is 2.29. The molecule has 0 amide bonds. The normalized spacial score (nSPS) is 23.0. The van der Waals surface area contributed by atoms with Crippen molar-refractivity contribution in [2.45, 2.75) is 44.8 Å². The van der Waals surface area contributed by atoms with Crippen molar-refractivity contribution >= 4 is 0 Å². The first-order valence-electron chi connectivity index (χ1n) is 7.81. The van der Waals surface area contributed by atoms with Crippen LogP contribution in [0.4, 0.5) is 4.39 Å². The van der Waals surface area contributed by atoms with E-state index in [0.717, 1.165) is 31.6 Å². The highest BCUT2D eigenvalue weighted by molar-refractivity contribution is 5.22. The molecule has 0 bridgehead atoms. The van der Waals surface area contributed by atoms with Gasteiger partial charge in [-0.05, 0) is 45.0 Å². The summed E-state index contributed by atoms with van der Waals surface area (Å²) < 4.78 is 13.6. The Bertz CT molecular complexity index is 475. The van der Waals surface area contributed by atoms with Crippen LogP contribution in [0.2, 0.25) is 0 Å². The lowest BCUT2D eigenvalue weighted by Crippen LogP contribution is -2.59. The molecule has 118 valence electrons. The predicted octanol–water partition coefficient (Wildman–Crippen LogP) is 2.63. The summed E-state index contributed by atoms with van der Waals surface area (Å²) in [5, 5.41) is 0. The molecule has 0 spiro atoms. The summed E-state index contributed by atoms with van der Waals surface area (Å²) >= 11 is 0. The Labute approximate surface area is 127 Å². The van der Waals surface area contributed by atoms with Crippen molar-refractivity contribution in [2.24, 2.45) is 5.73 Å². The van der Waals surface area contributed by atoms with Crippen LogP contribution < -0.4 is 5.73 Å². The molecular formula is C17H28FN3. The van der Waals surface area contributed by atoms with E-state index in [4.69, 9.17) is 5.73 Å². The Morgan fingerprint density at radius 1 is 1.33 bits per heavy atom. The Morgan fingerprint density at radius 3 is 2.62 bits per heavy atom. The van der Waals surface area contributed by atoms with E-state index in [-0.39, 0.29) is 23.4 Å². The van der Waals surface area contributed by atoms with Crippen LogP contribution in [0.15, 0.2) is 24.3 Å². The molecule has 1 aliphatic heterocycles. The maximum atomic E-state index is 13.6. The third-order valence-electron chi connectivity index (χ3n) is 4.81. The molecule has 1 aromatic rings. The lowest BCUT2D eigenvalue weighted by molar-refractivity contribution is 0.00949. The zero-order chi connectivity index (χ0) is 15.6. The standard InChI is InChI=1S/C17H28FN3/c1-5-15(19)16(13-7-6-8-14(18)11-13)21-10-9-20(4)17(2,3)12-21/h6-8,11,15-16H,5,9-10,12,19H2,1-4H3. The van der Waals surface area contributed by atoms with Gasteiger partial charge in [0.25, 0.3) is 0 Å². The van der Waals surface area contributed by atoms with Gasteiger partial charge in [0.1, 0.15) is 5.82 Å². The fourth-order valence-electron chi connectivity index (χ4n) is 3.16. The van der Waals surface area contributed by atoms with E-state index in [9.17, 15) is 4.39 Å². The minimum atomic E-state index is -0.186. The molecule has 0 aliphatic carbocycles. The number of likely N-dealkylation sites (N-methyl/N-ethyl adjacent to an activating group) is 1. The molecular weight excluding hydrogens is 265 g/mol. The second-order valence-electron chi connectivity index (χ2n) is 6.78. The molecule has 0 aromatic heterocycles. The van der Waals surface area contributed by atoms with E-state index in [1.807, 2.05) is 6.07 Å². The van der Waals surface area contributed by atoms with Crippen LogP contribution >= 0.6 is 0 Å². The SMILES string of the molecule is CCC(N)C(c1cccc(F)c1)N1CCN(C)C(C)(C)C1. The van der Waals surface area contributed by atoms with Crippen molar-refractivity contribution in [2.75, 3.05) is 26.7 Å². The first-order chi connectivity index (χ1) is 9.85. The molecule has 1 saturated heterocycles. The number of benzene rings is 1. The number of piperazine rings is 1. The van der Waals surface area contributed by atoms with Crippen molar-refractivity contribution in [3.8, 4) is 0 Å². The maximum absolute atomic E-state index is 13.6. The van der Waals surface area contributed by atoms with Crippen LogP contribution in [-0.4, -0.2) is 48.1 Å². The number of nitrogens with two attached hydrogens (primary N) is 1. The fraction of sp³-hybridized carbons (Fsp3) is 0.647. The number of rotatable bonds is 4. The lowest BCUT2D eigenvalue weighted by atomic mass is 9.91. The lowest BCUT2D eigenvalue weighted by Gasteiger charge is -2.49. The Kier molecular flexibility index (Phi) is 5.02. The third-order valence-corrected chi connectivity index (χ3v) is 4.81. The van der Waals surface area contributed by atoms with Gasteiger partial charge in [0.05, 0.1) is 6.04 Å². The van der Waals surface area contributed by atoms with Gasteiger partial charge in [-0.3, -0.25) is 9.80 Å².